The van der Waals surface area contributed by atoms with Gasteiger partial charge in [-0.25, -0.2) is 5.43 Å². The summed E-state index contributed by atoms with van der Waals surface area (Å²) in [6.45, 7) is 1.92. The van der Waals surface area contributed by atoms with Crippen LogP contribution in [0.15, 0.2) is 22.6 Å². The molecule has 1 aromatic rings. The van der Waals surface area contributed by atoms with E-state index >= 15 is 0 Å². The van der Waals surface area contributed by atoms with Crippen LogP contribution in [0.3, 0.4) is 0 Å². The molecule has 0 saturated heterocycles. The standard InChI is InChI=1S/C13H18N2OS/c1-10(12-8-5-9-17-12)14-15-13(16)11-6-3-2-4-7-11/h5,8-9,11H,2-4,6-7H2,1H3,(H,15,16). The van der Waals surface area contributed by atoms with Crippen LogP contribution < -0.4 is 5.43 Å². The third kappa shape index (κ3) is 3.40. The van der Waals surface area contributed by atoms with Crippen LogP contribution in [0, 0.1) is 5.92 Å². The van der Waals surface area contributed by atoms with Gasteiger partial charge in [0.05, 0.1) is 5.71 Å². The van der Waals surface area contributed by atoms with E-state index in [0.717, 1.165) is 23.4 Å². The molecule has 1 N–H and O–H groups in total. The Morgan fingerprint density at radius 1 is 1.41 bits per heavy atom. The van der Waals surface area contributed by atoms with Crippen molar-refractivity contribution < 1.29 is 4.79 Å². The molecule has 17 heavy (non-hydrogen) atoms. The van der Waals surface area contributed by atoms with Crippen LogP contribution in [-0.4, -0.2) is 11.6 Å². The third-order valence-corrected chi connectivity index (χ3v) is 4.17. The maximum Gasteiger partial charge on any atom is 0.243 e. The Balaban J connectivity index is 1.88. The molecule has 4 heteroatoms. The molecule has 2 rings (SSSR count). The summed E-state index contributed by atoms with van der Waals surface area (Å²) in [5.41, 5.74) is 3.57. The van der Waals surface area contributed by atoms with Crippen molar-refractivity contribution in [1.82, 2.24) is 5.43 Å². The van der Waals surface area contributed by atoms with E-state index in [2.05, 4.69) is 10.5 Å². The highest BCUT2D eigenvalue weighted by molar-refractivity contribution is 7.12. The smallest absolute Gasteiger partial charge is 0.243 e. The summed E-state index contributed by atoms with van der Waals surface area (Å²) in [4.78, 5) is 13.0. The predicted octanol–water partition coefficient (Wildman–Crippen LogP) is 3.17. The van der Waals surface area contributed by atoms with Crippen molar-refractivity contribution in [2.45, 2.75) is 39.0 Å². The zero-order chi connectivity index (χ0) is 12.1. The molecule has 0 bridgehead atoms. The quantitative estimate of drug-likeness (QED) is 0.649. The Kier molecular flexibility index (Phi) is 4.31. The van der Waals surface area contributed by atoms with Gasteiger partial charge >= 0.3 is 0 Å². The fraction of sp³-hybridized carbons (Fsp3) is 0.538. The summed E-state index contributed by atoms with van der Waals surface area (Å²) in [7, 11) is 0. The summed E-state index contributed by atoms with van der Waals surface area (Å²) in [6, 6.07) is 4.00. The van der Waals surface area contributed by atoms with Gasteiger partial charge in [0, 0.05) is 10.8 Å². The number of nitrogens with zero attached hydrogens (tertiary/aromatic N) is 1. The Hall–Kier alpha value is -1.16. The Labute approximate surface area is 106 Å². The largest absolute Gasteiger partial charge is 0.273 e. The van der Waals surface area contributed by atoms with Crippen LogP contribution in [0.4, 0.5) is 0 Å². The molecule has 1 fully saturated rings. The van der Waals surface area contributed by atoms with Crippen molar-refractivity contribution in [3.05, 3.63) is 22.4 Å². The number of nitrogens with one attached hydrogen (secondary N) is 1. The Bertz CT molecular complexity index is 392. The first kappa shape index (κ1) is 12.3. The van der Waals surface area contributed by atoms with E-state index in [1.807, 2.05) is 24.4 Å². The SMILES string of the molecule is CC(=NNC(=O)C1CCCCC1)c1cccs1. The molecule has 0 unspecified atom stereocenters. The molecule has 0 atom stereocenters. The molecule has 1 aliphatic rings. The Morgan fingerprint density at radius 3 is 2.82 bits per heavy atom. The van der Waals surface area contributed by atoms with Crippen molar-refractivity contribution in [3.63, 3.8) is 0 Å². The lowest BCUT2D eigenvalue weighted by Gasteiger charge is -2.19. The fourth-order valence-electron chi connectivity index (χ4n) is 2.13. The van der Waals surface area contributed by atoms with E-state index in [1.54, 1.807) is 11.3 Å². The molecule has 1 aliphatic carbocycles. The van der Waals surface area contributed by atoms with E-state index < -0.39 is 0 Å². The number of amides is 1. The van der Waals surface area contributed by atoms with Gasteiger partial charge in [-0.05, 0) is 31.2 Å². The Morgan fingerprint density at radius 2 is 2.18 bits per heavy atom. The number of hydrazone groups is 1. The van der Waals surface area contributed by atoms with Crippen LogP contribution >= 0.6 is 11.3 Å². The van der Waals surface area contributed by atoms with Crippen molar-refractivity contribution in [2.24, 2.45) is 11.0 Å². The number of hydrogen-bond donors (Lipinski definition) is 1. The number of carbonyl (C=O) groups excluding carboxylic acids is 1. The van der Waals surface area contributed by atoms with Crippen molar-refractivity contribution >= 4 is 23.0 Å². The maximum absolute atomic E-state index is 11.9. The van der Waals surface area contributed by atoms with Crippen LogP contribution in [-0.2, 0) is 4.79 Å². The summed E-state index contributed by atoms with van der Waals surface area (Å²) in [5.74, 6) is 0.254. The summed E-state index contributed by atoms with van der Waals surface area (Å²) in [6.07, 6.45) is 5.64. The highest BCUT2D eigenvalue weighted by Gasteiger charge is 2.20. The molecule has 1 heterocycles. The van der Waals surface area contributed by atoms with E-state index in [-0.39, 0.29) is 11.8 Å². The molecule has 1 aromatic heterocycles. The van der Waals surface area contributed by atoms with Gasteiger partial charge in [0.15, 0.2) is 0 Å². The van der Waals surface area contributed by atoms with Crippen molar-refractivity contribution in [2.75, 3.05) is 0 Å². The first-order valence-corrected chi connectivity index (χ1v) is 7.03. The van der Waals surface area contributed by atoms with Crippen molar-refractivity contribution in [1.29, 1.82) is 0 Å². The second kappa shape index (κ2) is 5.96. The molecule has 92 valence electrons. The van der Waals surface area contributed by atoms with Gasteiger partial charge in [0.1, 0.15) is 0 Å². The molecule has 1 saturated carbocycles. The lowest BCUT2D eigenvalue weighted by atomic mass is 9.89. The minimum Gasteiger partial charge on any atom is -0.273 e. The van der Waals surface area contributed by atoms with Crippen LogP contribution in [0.5, 0.6) is 0 Å². The van der Waals surface area contributed by atoms with E-state index in [4.69, 9.17) is 0 Å². The van der Waals surface area contributed by atoms with Gasteiger partial charge in [-0.15, -0.1) is 11.3 Å². The highest BCUT2D eigenvalue weighted by Crippen LogP contribution is 2.23. The van der Waals surface area contributed by atoms with Gasteiger partial charge in [0.25, 0.3) is 0 Å². The molecule has 0 aromatic carbocycles. The van der Waals surface area contributed by atoms with Crippen molar-refractivity contribution in [3.8, 4) is 0 Å². The minimum absolute atomic E-state index is 0.0839. The number of thiophene rings is 1. The third-order valence-electron chi connectivity index (χ3n) is 3.19. The topological polar surface area (TPSA) is 41.5 Å². The lowest BCUT2D eigenvalue weighted by molar-refractivity contribution is -0.125. The van der Waals surface area contributed by atoms with E-state index in [9.17, 15) is 4.79 Å². The zero-order valence-corrected chi connectivity index (χ0v) is 10.9. The lowest BCUT2D eigenvalue weighted by Crippen LogP contribution is -2.29. The monoisotopic (exact) mass is 250 g/mol. The predicted molar refractivity (Wildman–Crippen MR) is 71.2 cm³/mol. The second-order valence-electron chi connectivity index (χ2n) is 4.49. The molecular formula is C13H18N2OS. The van der Waals surface area contributed by atoms with Gasteiger partial charge in [0.2, 0.25) is 5.91 Å². The number of hydrogen-bond acceptors (Lipinski definition) is 3. The van der Waals surface area contributed by atoms with Crippen LogP contribution in [0.2, 0.25) is 0 Å². The molecule has 0 radical (unpaired) electrons. The van der Waals surface area contributed by atoms with Crippen LogP contribution in [0.25, 0.3) is 0 Å². The molecule has 1 amide bonds. The first-order chi connectivity index (χ1) is 8.27. The van der Waals surface area contributed by atoms with Crippen LogP contribution in [0.1, 0.15) is 43.9 Å². The average Bonchev–Trinajstić information content (AvgIpc) is 2.90. The first-order valence-electron chi connectivity index (χ1n) is 6.15. The van der Waals surface area contributed by atoms with E-state index in [0.29, 0.717) is 0 Å². The summed E-state index contributed by atoms with van der Waals surface area (Å²) in [5, 5.41) is 6.18. The minimum atomic E-state index is 0.0839. The maximum atomic E-state index is 11.9. The fourth-order valence-corrected chi connectivity index (χ4v) is 2.81. The molecule has 0 spiro atoms. The summed E-state index contributed by atoms with van der Waals surface area (Å²) < 4.78 is 0. The van der Waals surface area contributed by atoms with Gasteiger partial charge < -0.3 is 0 Å². The number of carbonyl (C=O) groups is 1. The molecular weight excluding hydrogens is 232 g/mol. The van der Waals surface area contributed by atoms with E-state index in [1.165, 1.54) is 19.3 Å². The summed E-state index contributed by atoms with van der Waals surface area (Å²) >= 11 is 1.64. The zero-order valence-electron chi connectivity index (χ0n) is 10.1. The highest BCUT2D eigenvalue weighted by atomic mass is 32.1. The molecule has 3 nitrogen and oxygen atoms in total. The molecule has 0 aliphatic heterocycles. The van der Waals surface area contributed by atoms with Gasteiger partial charge in [-0.2, -0.15) is 5.10 Å². The second-order valence-corrected chi connectivity index (χ2v) is 5.43. The number of rotatable bonds is 3. The van der Waals surface area contributed by atoms with Gasteiger partial charge in [-0.1, -0.05) is 25.3 Å². The van der Waals surface area contributed by atoms with Gasteiger partial charge in [-0.3, -0.25) is 4.79 Å². The average molecular weight is 250 g/mol. The normalized spacial score (nSPS) is 18.1.